The van der Waals surface area contributed by atoms with Crippen molar-refractivity contribution in [2.45, 2.75) is 12.8 Å². The van der Waals surface area contributed by atoms with E-state index in [1.165, 1.54) is 6.07 Å². The van der Waals surface area contributed by atoms with Crippen LogP contribution >= 0.6 is 15.9 Å². The molecule has 1 aliphatic heterocycles. The van der Waals surface area contributed by atoms with Gasteiger partial charge < -0.3 is 15.5 Å². The fraction of sp³-hybridized carbons (Fsp3) is 0.238. The number of carbonyl (C=O) groups is 1. The summed E-state index contributed by atoms with van der Waals surface area (Å²) in [6.07, 6.45) is 3.91. The van der Waals surface area contributed by atoms with Crippen molar-refractivity contribution in [3.8, 4) is 11.3 Å². The highest BCUT2D eigenvalue weighted by Gasteiger charge is 2.18. The molecule has 1 aliphatic rings. The van der Waals surface area contributed by atoms with Gasteiger partial charge in [0.25, 0.3) is 0 Å². The number of aryl methyl sites for hydroxylation is 1. The highest BCUT2D eigenvalue weighted by atomic mass is 79.9. The van der Waals surface area contributed by atoms with Crippen molar-refractivity contribution >= 4 is 44.7 Å². The van der Waals surface area contributed by atoms with Gasteiger partial charge in [0.2, 0.25) is 5.82 Å². The van der Waals surface area contributed by atoms with Crippen molar-refractivity contribution in [2.24, 2.45) is 7.05 Å². The number of carbonyl (C=O) groups excluding carboxylic acids is 1. The van der Waals surface area contributed by atoms with Gasteiger partial charge in [0.05, 0.1) is 21.3 Å². The van der Waals surface area contributed by atoms with Crippen LogP contribution in [0, 0.1) is 15.9 Å². The number of nitro benzene ring substituents is 1. The van der Waals surface area contributed by atoms with Gasteiger partial charge in [-0.05, 0) is 59.1 Å². The fourth-order valence-electron chi connectivity index (χ4n) is 3.74. The number of nitro groups is 1. The molecule has 1 fully saturated rings. The molecule has 9 nitrogen and oxygen atoms in total. The van der Waals surface area contributed by atoms with Crippen molar-refractivity contribution in [1.29, 1.82) is 0 Å². The van der Waals surface area contributed by atoms with Crippen LogP contribution < -0.4 is 15.5 Å². The second-order valence-electron chi connectivity index (χ2n) is 7.43. The zero-order valence-electron chi connectivity index (χ0n) is 17.1. The summed E-state index contributed by atoms with van der Waals surface area (Å²) in [6.45, 7) is 1.86. The molecule has 2 heterocycles. The molecule has 2 aromatic carbocycles. The number of rotatable bonds is 5. The SMILES string of the molecule is Cn1ncc(Br)c1-c1cc(NC(=O)Nc2ccc(F)c([N+](=O)[O-])c2)cc(N2CCCC2)c1. The molecular weight excluding hydrogens is 483 g/mol. The van der Waals surface area contributed by atoms with Crippen molar-refractivity contribution in [3.05, 3.63) is 63.0 Å². The minimum absolute atomic E-state index is 0.112. The Balaban J connectivity index is 1.62. The van der Waals surface area contributed by atoms with Crippen molar-refractivity contribution in [3.63, 3.8) is 0 Å². The first-order chi connectivity index (χ1) is 15.3. The predicted molar refractivity (Wildman–Crippen MR) is 123 cm³/mol. The first-order valence-corrected chi connectivity index (χ1v) is 10.7. The Hall–Kier alpha value is -3.47. The molecule has 32 heavy (non-hydrogen) atoms. The van der Waals surface area contributed by atoms with E-state index in [-0.39, 0.29) is 5.69 Å². The zero-order valence-corrected chi connectivity index (χ0v) is 18.7. The minimum atomic E-state index is -0.967. The smallest absolute Gasteiger partial charge is 0.323 e. The van der Waals surface area contributed by atoms with Gasteiger partial charge >= 0.3 is 11.7 Å². The van der Waals surface area contributed by atoms with Gasteiger partial charge in [-0.15, -0.1) is 0 Å². The first kappa shape index (κ1) is 21.8. The van der Waals surface area contributed by atoms with Crippen LogP contribution in [-0.2, 0) is 7.05 Å². The molecule has 3 aromatic rings. The summed E-state index contributed by atoms with van der Waals surface area (Å²) in [4.78, 5) is 24.9. The lowest BCUT2D eigenvalue weighted by atomic mass is 10.1. The van der Waals surface area contributed by atoms with Gasteiger partial charge in [-0.1, -0.05) is 0 Å². The third-order valence-electron chi connectivity index (χ3n) is 5.22. The Labute approximate surface area is 191 Å². The number of aromatic nitrogens is 2. The third kappa shape index (κ3) is 4.57. The monoisotopic (exact) mass is 502 g/mol. The number of halogens is 2. The van der Waals surface area contributed by atoms with E-state index in [9.17, 15) is 19.3 Å². The molecule has 0 bridgehead atoms. The summed E-state index contributed by atoms with van der Waals surface area (Å²) in [6, 6.07) is 8.35. The molecule has 0 saturated carbocycles. The van der Waals surface area contributed by atoms with Crippen molar-refractivity contribution in [2.75, 3.05) is 28.6 Å². The number of urea groups is 1. The van der Waals surface area contributed by atoms with E-state index in [4.69, 9.17) is 0 Å². The van der Waals surface area contributed by atoms with E-state index < -0.39 is 22.5 Å². The third-order valence-corrected chi connectivity index (χ3v) is 5.80. The highest BCUT2D eigenvalue weighted by Crippen LogP contribution is 2.34. The van der Waals surface area contributed by atoms with Crippen LogP contribution in [0.3, 0.4) is 0 Å². The van der Waals surface area contributed by atoms with Gasteiger partial charge in [-0.3, -0.25) is 14.8 Å². The standard InChI is InChI=1S/C21H20BrFN6O3/c1-27-20(17(22)12-24-27)13-8-15(10-16(9-13)28-6-2-3-7-28)26-21(30)25-14-4-5-18(23)19(11-14)29(31)32/h4-5,8-12H,2-3,6-7H2,1H3,(H2,25,26,30). The summed E-state index contributed by atoms with van der Waals surface area (Å²) >= 11 is 3.52. The lowest BCUT2D eigenvalue weighted by molar-refractivity contribution is -0.387. The first-order valence-electron chi connectivity index (χ1n) is 9.91. The molecular formula is C21H20BrFN6O3. The molecule has 2 N–H and O–H groups in total. The van der Waals surface area contributed by atoms with Gasteiger partial charge in [-0.25, -0.2) is 4.79 Å². The van der Waals surface area contributed by atoms with E-state index in [0.717, 1.165) is 59.5 Å². The Morgan fingerprint density at radius 3 is 2.53 bits per heavy atom. The van der Waals surface area contributed by atoms with Crippen LogP contribution in [0.25, 0.3) is 11.3 Å². The summed E-state index contributed by atoms with van der Waals surface area (Å²) < 4.78 is 16.1. The fourth-order valence-corrected chi connectivity index (χ4v) is 4.31. The van der Waals surface area contributed by atoms with Gasteiger partial charge in [0.15, 0.2) is 0 Å². The topological polar surface area (TPSA) is 105 Å². The Morgan fingerprint density at radius 1 is 1.16 bits per heavy atom. The van der Waals surface area contributed by atoms with Crippen molar-refractivity contribution < 1.29 is 14.1 Å². The molecule has 0 aliphatic carbocycles. The largest absolute Gasteiger partial charge is 0.371 e. The number of hydrogen-bond acceptors (Lipinski definition) is 5. The molecule has 0 spiro atoms. The maximum atomic E-state index is 13.6. The average Bonchev–Trinajstić information content (AvgIpc) is 3.39. The molecule has 166 valence electrons. The Bertz CT molecular complexity index is 1170. The van der Waals surface area contributed by atoms with E-state index in [0.29, 0.717) is 5.69 Å². The van der Waals surface area contributed by atoms with Crippen LogP contribution in [-0.4, -0.2) is 33.8 Å². The summed E-state index contributed by atoms with van der Waals surface area (Å²) in [7, 11) is 1.84. The second kappa shape index (κ2) is 8.95. The molecule has 0 unspecified atom stereocenters. The van der Waals surface area contributed by atoms with Crippen LogP contribution in [0.15, 0.2) is 47.1 Å². The Morgan fingerprint density at radius 2 is 1.88 bits per heavy atom. The van der Waals surface area contributed by atoms with Gasteiger partial charge in [-0.2, -0.15) is 9.49 Å². The quantitative estimate of drug-likeness (QED) is 0.371. The van der Waals surface area contributed by atoms with Crippen LogP contribution in [0.4, 0.5) is 31.9 Å². The van der Waals surface area contributed by atoms with E-state index >= 15 is 0 Å². The number of benzene rings is 2. The number of nitrogens with one attached hydrogen (secondary N) is 2. The predicted octanol–water partition coefficient (Wildman–Crippen LogP) is 5.14. The van der Waals surface area contributed by atoms with Crippen LogP contribution in [0.2, 0.25) is 0 Å². The van der Waals surface area contributed by atoms with Crippen molar-refractivity contribution in [1.82, 2.24) is 9.78 Å². The second-order valence-corrected chi connectivity index (χ2v) is 8.28. The maximum Gasteiger partial charge on any atom is 0.323 e. The average molecular weight is 503 g/mol. The molecule has 11 heteroatoms. The minimum Gasteiger partial charge on any atom is -0.371 e. The normalized spacial score (nSPS) is 13.3. The zero-order chi connectivity index (χ0) is 22.8. The molecule has 2 amide bonds. The molecule has 1 aromatic heterocycles. The Kier molecular flexibility index (Phi) is 6.08. The van der Waals surface area contributed by atoms with E-state index in [1.807, 2.05) is 19.2 Å². The van der Waals surface area contributed by atoms with Gasteiger partial charge in [0, 0.05) is 48.8 Å². The van der Waals surface area contributed by atoms with E-state index in [2.05, 4.69) is 42.6 Å². The van der Waals surface area contributed by atoms with E-state index in [1.54, 1.807) is 10.9 Å². The lowest BCUT2D eigenvalue weighted by Crippen LogP contribution is -2.21. The highest BCUT2D eigenvalue weighted by molar-refractivity contribution is 9.10. The number of anilines is 3. The lowest BCUT2D eigenvalue weighted by Gasteiger charge is -2.20. The molecule has 4 rings (SSSR count). The number of hydrogen-bond donors (Lipinski definition) is 2. The van der Waals surface area contributed by atoms with Crippen LogP contribution in [0.1, 0.15) is 12.8 Å². The molecule has 1 saturated heterocycles. The maximum absolute atomic E-state index is 13.6. The summed E-state index contributed by atoms with van der Waals surface area (Å²) in [5.74, 6) is -0.967. The number of amides is 2. The molecule has 0 radical (unpaired) electrons. The summed E-state index contributed by atoms with van der Waals surface area (Å²) in [5.41, 5.74) is 2.66. The molecule has 0 atom stereocenters. The summed E-state index contributed by atoms with van der Waals surface area (Å²) in [5, 5.41) is 20.5. The van der Waals surface area contributed by atoms with Crippen LogP contribution in [0.5, 0.6) is 0 Å². The number of nitrogens with zero attached hydrogens (tertiary/aromatic N) is 4. The van der Waals surface area contributed by atoms with Gasteiger partial charge in [0.1, 0.15) is 0 Å².